The lowest BCUT2D eigenvalue weighted by Crippen LogP contribution is -2.04. The summed E-state index contributed by atoms with van der Waals surface area (Å²) in [7, 11) is 0. The first-order chi connectivity index (χ1) is 6.61. The molecule has 0 aromatic heterocycles. The van der Waals surface area contributed by atoms with Crippen LogP contribution in [0.15, 0.2) is 29.4 Å². The summed E-state index contributed by atoms with van der Waals surface area (Å²) >= 11 is 5.56. The maximum Gasteiger partial charge on any atom is 0.191 e. The number of Topliss-reactive ketones (excluding diaryl/α,β-unsaturated/α-hetero) is 1. The highest BCUT2D eigenvalue weighted by molar-refractivity contribution is 6.82. The van der Waals surface area contributed by atoms with Crippen LogP contribution in [0.3, 0.4) is 0 Å². The summed E-state index contributed by atoms with van der Waals surface area (Å²) in [5.41, 5.74) is 4.61. The Balaban J connectivity index is 2.76. The first-order valence-corrected chi connectivity index (χ1v) is 4.55. The molecule has 1 rings (SSSR count). The zero-order valence-corrected chi connectivity index (χ0v) is 8.80. The fraction of sp³-hybridized carbons (Fsp3) is 0.200. The Bertz CT molecular complexity index is 374. The topological polar surface area (TPSA) is 41.5 Å². The molecular weight excluding hydrogens is 200 g/mol. The molecule has 0 saturated heterocycles. The minimum Gasteiger partial charge on any atom is -0.292 e. The van der Waals surface area contributed by atoms with Gasteiger partial charge in [-0.1, -0.05) is 29.8 Å². The number of carbonyl (C=O) groups is 1. The second-order valence-corrected chi connectivity index (χ2v) is 3.24. The van der Waals surface area contributed by atoms with E-state index in [1.807, 2.05) is 31.2 Å². The Morgan fingerprint density at radius 3 is 2.64 bits per heavy atom. The number of nitrogens with zero attached hydrogens (tertiary/aromatic N) is 1. The lowest BCUT2D eigenvalue weighted by Gasteiger charge is -2.03. The van der Waals surface area contributed by atoms with E-state index in [2.05, 4.69) is 10.5 Å². The Labute approximate surface area is 87.8 Å². The number of anilines is 1. The Morgan fingerprint density at radius 1 is 1.43 bits per heavy atom. The summed E-state index contributed by atoms with van der Waals surface area (Å²) in [6, 6.07) is 7.62. The predicted octanol–water partition coefficient (Wildman–Crippen LogP) is 2.55. The van der Waals surface area contributed by atoms with Gasteiger partial charge in [-0.3, -0.25) is 10.2 Å². The number of hydrogen-bond acceptors (Lipinski definition) is 3. The summed E-state index contributed by atoms with van der Waals surface area (Å²) in [5.74, 6) is -0.257. The number of rotatable bonds is 3. The highest BCUT2D eigenvalue weighted by Crippen LogP contribution is 2.12. The third-order valence-corrected chi connectivity index (χ3v) is 2.06. The SMILES string of the molecule is CC(=O)/C(Cl)=N/Nc1ccccc1C. The van der Waals surface area contributed by atoms with Gasteiger partial charge < -0.3 is 0 Å². The average Bonchev–Trinajstić information content (AvgIpc) is 2.16. The van der Waals surface area contributed by atoms with Crippen molar-refractivity contribution in [3.05, 3.63) is 29.8 Å². The molecular formula is C10H11ClN2O. The fourth-order valence-electron chi connectivity index (χ4n) is 0.886. The van der Waals surface area contributed by atoms with Crippen molar-refractivity contribution in [1.82, 2.24) is 0 Å². The molecule has 0 saturated carbocycles. The first kappa shape index (κ1) is 10.7. The van der Waals surface area contributed by atoms with Gasteiger partial charge in [0.05, 0.1) is 5.69 Å². The number of carbonyl (C=O) groups excluding carboxylic acids is 1. The van der Waals surface area contributed by atoms with Crippen LogP contribution in [0, 0.1) is 6.92 Å². The van der Waals surface area contributed by atoms with Crippen molar-refractivity contribution in [3.8, 4) is 0 Å². The molecule has 0 spiro atoms. The molecule has 74 valence electrons. The maximum absolute atomic E-state index is 10.7. The van der Waals surface area contributed by atoms with Crippen molar-refractivity contribution >= 4 is 28.2 Å². The molecule has 0 aliphatic heterocycles. The van der Waals surface area contributed by atoms with Crippen LogP contribution in [-0.2, 0) is 4.79 Å². The van der Waals surface area contributed by atoms with E-state index < -0.39 is 0 Å². The quantitative estimate of drug-likeness (QED) is 0.615. The average molecular weight is 211 g/mol. The monoisotopic (exact) mass is 210 g/mol. The normalized spacial score (nSPS) is 11.2. The molecule has 4 heteroatoms. The predicted molar refractivity (Wildman–Crippen MR) is 58.8 cm³/mol. The largest absolute Gasteiger partial charge is 0.292 e. The standard InChI is InChI=1S/C10H11ClN2O/c1-7-5-3-4-6-9(7)12-13-10(11)8(2)14/h3-6,12H,1-2H3/b13-10-. The van der Waals surface area contributed by atoms with Gasteiger partial charge in [0.25, 0.3) is 0 Å². The molecule has 1 N–H and O–H groups in total. The third-order valence-electron chi connectivity index (χ3n) is 1.71. The highest BCUT2D eigenvalue weighted by Gasteiger charge is 2.00. The molecule has 1 aromatic rings. The van der Waals surface area contributed by atoms with Crippen LogP contribution in [0.25, 0.3) is 0 Å². The van der Waals surface area contributed by atoms with Gasteiger partial charge in [-0.05, 0) is 18.6 Å². The van der Waals surface area contributed by atoms with E-state index in [9.17, 15) is 4.79 Å². The van der Waals surface area contributed by atoms with Crippen molar-refractivity contribution in [2.75, 3.05) is 5.43 Å². The minimum atomic E-state index is -0.257. The Morgan fingerprint density at radius 2 is 2.07 bits per heavy atom. The smallest absolute Gasteiger partial charge is 0.191 e. The van der Waals surface area contributed by atoms with Crippen molar-refractivity contribution in [2.45, 2.75) is 13.8 Å². The summed E-state index contributed by atoms with van der Waals surface area (Å²) < 4.78 is 0. The van der Waals surface area contributed by atoms with Crippen LogP contribution in [0.2, 0.25) is 0 Å². The van der Waals surface area contributed by atoms with Gasteiger partial charge in [0.15, 0.2) is 11.0 Å². The number of hydrogen-bond donors (Lipinski definition) is 1. The summed E-state index contributed by atoms with van der Waals surface area (Å²) in [6.45, 7) is 3.31. The molecule has 3 nitrogen and oxygen atoms in total. The second-order valence-electron chi connectivity index (χ2n) is 2.89. The molecule has 14 heavy (non-hydrogen) atoms. The van der Waals surface area contributed by atoms with E-state index in [4.69, 9.17) is 11.6 Å². The minimum absolute atomic E-state index is 0.0479. The van der Waals surface area contributed by atoms with E-state index in [0.717, 1.165) is 11.3 Å². The Hall–Kier alpha value is -1.35. The van der Waals surface area contributed by atoms with Gasteiger partial charge in [-0.2, -0.15) is 5.10 Å². The summed E-state index contributed by atoms with van der Waals surface area (Å²) in [6.07, 6.45) is 0. The molecule has 0 aliphatic rings. The van der Waals surface area contributed by atoms with Gasteiger partial charge in [-0.15, -0.1) is 0 Å². The Kier molecular flexibility index (Phi) is 3.65. The zero-order chi connectivity index (χ0) is 10.6. The van der Waals surface area contributed by atoms with Gasteiger partial charge in [0.2, 0.25) is 0 Å². The molecule has 0 unspecified atom stereocenters. The number of benzene rings is 1. The number of ketones is 1. The molecule has 0 bridgehead atoms. The molecule has 0 atom stereocenters. The number of para-hydroxylation sites is 1. The van der Waals surface area contributed by atoms with E-state index in [1.54, 1.807) is 0 Å². The van der Waals surface area contributed by atoms with E-state index in [-0.39, 0.29) is 11.0 Å². The van der Waals surface area contributed by atoms with E-state index in [1.165, 1.54) is 6.92 Å². The van der Waals surface area contributed by atoms with Crippen molar-refractivity contribution < 1.29 is 4.79 Å². The van der Waals surface area contributed by atoms with Crippen LogP contribution in [-0.4, -0.2) is 11.0 Å². The van der Waals surface area contributed by atoms with E-state index >= 15 is 0 Å². The zero-order valence-electron chi connectivity index (χ0n) is 8.04. The van der Waals surface area contributed by atoms with Gasteiger partial charge in [-0.25, -0.2) is 0 Å². The highest BCUT2D eigenvalue weighted by atomic mass is 35.5. The summed E-state index contributed by atoms with van der Waals surface area (Å²) in [5, 5.41) is 3.69. The molecule has 0 heterocycles. The first-order valence-electron chi connectivity index (χ1n) is 4.17. The van der Waals surface area contributed by atoms with Gasteiger partial charge in [0.1, 0.15) is 0 Å². The molecule has 0 amide bonds. The van der Waals surface area contributed by atoms with Gasteiger partial charge >= 0.3 is 0 Å². The molecule has 0 radical (unpaired) electrons. The number of aryl methyl sites for hydroxylation is 1. The maximum atomic E-state index is 10.7. The van der Waals surface area contributed by atoms with Crippen molar-refractivity contribution in [1.29, 1.82) is 0 Å². The molecule has 0 aliphatic carbocycles. The van der Waals surface area contributed by atoms with Crippen molar-refractivity contribution in [3.63, 3.8) is 0 Å². The van der Waals surface area contributed by atoms with Crippen LogP contribution in [0.4, 0.5) is 5.69 Å². The lowest BCUT2D eigenvalue weighted by molar-refractivity contribution is -0.110. The van der Waals surface area contributed by atoms with Crippen LogP contribution in [0.5, 0.6) is 0 Å². The fourth-order valence-corrected chi connectivity index (χ4v) is 0.929. The van der Waals surface area contributed by atoms with Gasteiger partial charge in [0, 0.05) is 6.92 Å². The number of hydrazone groups is 1. The van der Waals surface area contributed by atoms with Crippen LogP contribution < -0.4 is 5.43 Å². The lowest BCUT2D eigenvalue weighted by atomic mass is 10.2. The molecule has 0 fully saturated rings. The molecule has 1 aromatic carbocycles. The van der Waals surface area contributed by atoms with E-state index in [0.29, 0.717) is 0 Å². The van der Waals surface area contributed by atoms with Crippen LogP contribution in [0.1, 0.15) is 12.5 Å². The summed E-state index contributed by atoms with van der Waals surface area (Å²) in [4.78, 5) is 10.7. The third kappa shape index (κ3) is 2.85. The van der Waals surface area contributed by atoms with Crippen LogP contribution >= 0.6 is 11.6 Å². The van der Waals surface area contributed by atoms with Crippen molar-refractivity contribution in [2.24, 2.45) is 5.10 Å². The number of nitrogens with one attached hydrogen (secondary N) is 1. The second kappa shape index (κ2) is 4.77. The number of halogens is 1.